The first kappa shape index (κ1) is 23.1. The van der Waals surface area contributed by atoms with Crippen LogP contribution in [0.4, 0.5) is 5.69 Å². The molecule has 1 aliphatic heterocycles. The fourth-order valence-electron chi connectivity index (χ4n) is 4.39. The molecule has 1 fully saturated rings. The van der Waals surface area contributed by atoms with Gasteiger partial charge in [-0.1, -0.05) is 30.3 Å². The van der Waals surface area contributed by atoms with Crippen molar-refractivity contribution in [1.29, 1.82) is 0 Å². The molecule has 1 unspecified atom stereocenters. The SMILES string of the molecule is Cc1cc(OCC(O)CN2CCC(c3ccc(Oc4ccccc4)cc3)CC2)c(C)cc1N. The van der Waals surface area contributed by atoms with Crippen LogP contribution in [0.1, 0.15) is 35.4 Å². The van der Waals surface area contributed by atoms with Crippen LogP contribution in [0.15, 0.2) is 66.7 Å². The van der Waals surface area contributed by atoms with E-state index in [1.54, 1.807) is 0 Å². The Kier molecular flexibility index (Phi) is 7.53. The number of piperidine rings is 1. The Morgan fingerprint density at radius 3 is 2.30 bits per heavy atom. The highest BCUT2D eigenvalue weighted by atomic mass is 16.5. The zero-order valence-electron chi connectivity index (χ0n) is 19.5. The molecule has 0 spiro atoms. The van der Waals surface area contributed by atoms with Gasteiger partial charge in [0.15, 0.2) is 0 Å². The molecule has 5 heteroatoms. The molecule has 3 N–H and O–H groups in total. The van der Waals surface area contributed by atoms with Crippen molar-refractivity contribution < 1.29 is 14.6 Å². The number of β-amino-alcohol motifs (C(OH)–C–C–N with tert-alkyl or cyclic N) is 1. The van der Waals surface area contributed by atoms with E-state index < -0.39 is 6.10 Å². The number of hydrogen-bond donors (Lipinski definition) is 2. The van der Waals surface area contributed by atoms with E-state index in [0.29, 0.717) is 12.5 Å². The normalized spacial score (nSPS) is 15.8. The van der Waals surface area contributed by atoms with Crippen LogP contribution in [0.25, 0.3) is 0 Å². The molecule has 1 aliphatic rings. The number of nitrogens with two attached hydrogens (primary N) is 1. The topological polar surface area (TPSA) is 68.0 Å². The predicted molar refractivity (Wildman–Crippen MR) is 133 cm³/mol. The third-order valence-electron chi connectivity index (χ3n) is 6.38. The maximum absolute atomic E-state index is 10.5. The third-order valence-corrected chi connectivity index (χ3v) is 6.38. The van der Waals surface area contributed by atoms with Gasteiger partial charge in [0, 0.05) is 12.2 Å². The number of anilines is 1. The minimum Gasteiger partial charge on any atom is -0.491 e. The lowest BCUT2D eigenvalue weighted by Crippen LogP contribution is -2.40. The summed E-state index contributed by atoms with van der Waals surface area (Å²) in [6.07, 6.45) is 1.65. The van der Waals surface area contributed by atoms with Crippen molar-refractivity contribution in [2.75, 3.05) is 32.0 Å². The van der Waals surface area contributed by atoms with Crippen LogP contribution in [0.2, 0.25) is 0 Å². The van der Waals surface area contributed by atoms with Gasteiger partial charge < -0.3 is 25.2 Å². The van der Waals surface area contributed by atoms with E-state index in [4.69, 9.17) is 15.2 Å². The molecule has 3 aromatic carbocycles. The number of benzene rings is 3. The van der Waals surface area contributed by atoms with E-state index in [9.17, 15) is 5.11 Å². The van der Waals surface area contributed by atoms with Gasteiger partial charge in [0.05, 0.1) is 0 Å². The number of aryl methyl sites for hydroxylation is 2. The lowest BCUT2D eigenvalue weighted by atomic mass is 9.89. The number of likely N-dealkylation sites (tertiary alicyclic amines) is 1. The van der Waals surface area contributed by atoms with Crippen LogP contribution in [0, 0.1) is 13.8 Å². The molecule has 5 nitrogen and oxygen atoms in total. The van der Waals surface area contributed by atoms with Gasteiger partial charge >= 0.3 is 0 Å². The molecule has 3 aromatic rings. The summed E-state index contributed by atoms with van der Waals surface area (Å²) in [7, 11) is 0. The lowest BCUT2D eigenvalue weighted by molar-refractivity contribution is 0.0592. The minimum atomic E-state index is -0.520. The Bertz CT molecular complexity index is 1030. The highest BCUT2D eigenvalue weighted by molar-refractivity contribution is 5.53. The molecule has 0 amide bonds. The average molecular weight is 447 g/mol. The Balaban J connectivity index is 1.22. The number of nitrogens with zero attached hydrogens (tertiary/aromatic N) is 1. The summed E-state index contributed by atoms with van der Waals surface area (Å²) in [5.41, 5.74) is 10.0. The van der Waals surface area contributed by atoms with Gasteiger partial charge in [-0.2, -0.15) is 0 Å². The Morgan fingerprint density at radius 1 is 0.939 bits per heavy atom. The van der Waals surface area contributed by atoms with Gasteiger partial charge in [0.1, 0.15) is 30.0 Å². The molecule has 0 bridgehead atoms. The number of aliphatic hydroxyl groups excluding tert-OH is 1. The van der Waals surface area contributed by atoms with Gasteiger partial charge in [-0.05, 0) is 98.8 Å². The molecule has 0 radical (unpaired) electrons. The summed E-state index contributed by atoms with van der Waals surface area (Å²) in [5.74, 6) is 3.04. The first-order valence-corrected chi connectivity index (χ1v) is 11.7. The van der Waals surface area contributed by atoms with Crippen LogP contribution in [0.5, 0.6) is 17.2 Å². The van der Waals surface area contributed by atoms with E-state index in [1.165, 1.54) is 5.56 Å². The number of aliphatic hydroxyl groups is 1. The molecule has 33 heavy (non-hydrogen) atoms. The van der Waals surface area contributed by atoms with Crippen LogP contribution in [-0.4, -0.2) is 42.4 Å². The number of nitrogen functional groups attached to an aromatic ring is 1. The summed E-state index contributed by atoms with van der Waals surface area (Å²) in [6, 6.07) is 22.2. The largest absolute Gasteiger partial charge is 0.491 e. The highest BCUT2D eigenvalue weighted by Crippen LogP contribution is 2.30. The van der Waals surface area contributed by atoms with E-state index in [1.807, 2.05) is 56.3 Å². The molecular weight excluding hydrogens is 412 g/mol. The van der Waals surface area contributed by atoms with Gasteiger partial charge in [0.2, 0.25) is 0 Å². The number of ether oxygens (including phenoxy) is 2. The van der Waals surface area contributed by atoms with Crippen molar-refractivity contribution >= 4 is 5.69 Å². The fourth-order valence-corrected chi connectivity index (χ4v) is 4.39. The summed E-state index contributed by atoms with van der Waals surface area (Å²) in [4.78, 5) is 2.33. The van der Waals surface area contributed by atoms with Crippen molar-refractivity contribution in [2.45, 2.75) is 38.7 Å². The third kappa shape index (κ3) is 6.28. The van der Waals surface area contributed by atoms with Gasteiger partial charge in [0.25, 0.3) is 0 Å². The van der Waals surface area contributed by atoms with Crippen molar-refractivity contribution in [3.63, 3.8) is 0 Å². The van der Waals surface area contributed by atoms with Crippen LogP contribution in [0.3, 0.4) is 0 Å². The summed E-state index contributed by atoms with van der Waals surface area (Å²) < 4.78 is 11.8. The Morgan fingerprint density at radius 2 is 1.61 bits per heavy atom. The van der Waals surface area contributed by atoms with Crippen molar-refractivity contribution in [3.05, 3.63) is 83.4 Å². The summed E-state index contributed by atoms with van der Waals surface area (Å²) >= 11 is 0. The van der Waals surface area contributed by atoms with E-state index in [2.05, 4.69) is 29.2 Å². The molecule has 1 atom stereocenters. The molecule has 4 rings (SSSR count). The Labute approximate surface area is 196 Å². The maximum atomic E-state index is 10.5. The van der Waals surface area contributed by atoms with E-state index >= 15 is 0 Å². The average Bonchev–Trinajstić information content (AvgIpc) is 2.82. The second-order valence-corrected chi connectivity index (χ2v) is 9.00. The molecule has 1 saturated heterocycles. The highest BCUT2D eigenvalue weighted by Gasteiger charge is 2.22. The van der Waals surface area contributed by atoms with E-state index in [-0.39, 0.29) is 6.61 Å². The lowest BCUT2D eigenvalue weighted by Gasteiger charge is -2.33. The number of rotatable bonds is 8. The molecule has 1 heterocycles. The standard InChI is InChI=1S/C28H34N2O3/c1-20-17-28(21(2)16-27(20)29)32-19-24(31)18-30-14-12-23(13-15-30)22-8-10-26(11-9-22)33-25-6-4-3-5-7-25/h3-11,16-17,23-24,31H,12-15,18-19,29H2,1-2H3. The molecule has 0 saturated carbocycles. The van der Waals surface area contributed by atoms with E-state index in [0.717, 1.165) is 60.0 Å². The number of para-hydroxylation sites is 1. The predicted octanol–water partition coefficient (Wildman–Crippen LogP) is 5.30. The molecule has 0 aromatic heterocycles. The smallest absolute Gasteiger partial charge is 0.127 e. The summed E-state index contributed by atoms with van der Waals surface area (Å²) in [5, 5.41) is 10.5. The Hall–Kier alpha value is -3.02. The molecule has 174 valence electrons. The van der Waals surface area contributed by atoms with Crippen LogP contribution < -0.4 is 15.2 Å². The zero-order valence-corrected chi connectivity index (χ0v) is 19.5. The van der Waals surface area contributed by atoms with Crippen molar-refractivity contribution in [1.82, 2.24) is 4.90 Å². The van der Waals surface area contributed by atoms with Crippen LogP contribution >= 0.6 is 0 Å². The second-order valence-electron chi connectivity index (χ2n) is 9.00. The van der Waals surface area contributed by atoms with Crippen molar-refractivity contribution in [2.24, 2.45) is 0 Å². The van der Waals surface area contributed by atoms with Gasteiger partial charge in [-0.15, -0.1) is 0 Å². The number of hydrogen-bond acceptors (Lipinski definition) is 5. The first-order chi connectivity index (χ1) is 16.0. The zero-order chi connectivity index (χ0) is 23.2. The fraction of sp³-hybridized carbons (Fsp3) is 0.357. The first-order valence-electron chi connectivity index (χ1n) is 11.7. The van der Waals surface area contributed by atoms with Gasteiger partial charge in [-0.3, -0.25) is 0 Å². The minimum absolute atomic E-state index is 0.285. The van der Waals surface area contributed by atoms with Crippen LogP contribution in [-0.2, 0) is 0 Å². The molecule has 0 aliphatic carbocycles. The molecular formula is C28H34N2O3. The summed E-state index contributed by atoms with van der Waals surface area (Å²) in [6.45, 7) is 6.80. The van der Waals surface area contributed by atoms with Gasteiger partial charge in [-0.25, -0.2) is 0 Å². The quantitative estimate of drug-likeness (QED) is 0.460. The maximum Gasteiger partial charge on any atom is 0.127 e. The monoisotopic (exact) mass is 446 g/mol. The second kappa shape index (κ2) is 10.7. The van der Waals surface area contributed by atoms with Crippen molar-refractivity contribution in [3.8, 4) is 17.2 Å².